The van der Waals surface area contributed by atoms with Gasteiger partial charge in [-0.05, 0) is 19.9 Å². The van der Waals surface area contributed by atoms with Crippen LogP contribution in [0.25, 0.3) is 0 Å². The Hall–Kier alpha value is -2.19. The number of hydrogen-bond acceptors (Lipinski definition) is 7. The number of nitro groups is 1. The minimum atomic E-state index is -0.836. The van der Waals surface area contributed by atoms with Crippen LogP contribution in [0.1, 0.15) is 30.6 Å². The molecule has 0 aromatic heterocycles. The van der Waals surface area contributed by atoms with Crippen molar-refractivity contribution in [1.82, 2.24) is 4.90 Å². The number of phenols is 2. The van der Waals surface area contributed by atoms with E-state index in [1.165, 1.54) is 0 Å². The first-order chi connectivity index (χ1) is 10.8. The maximum Gasteiger partial charge on any atom is 0.315 e. The van der Waals surface area contributed by atoms with Crippen LogP contribution in [-0.4, -0.2) is 57.7 Å². The topological polar surface area (TPSA) is 113 Å². The fraction of sp³-hybridized carbons (Fsp3) is 0.533. The lowest BCUT2D eigenvalue weighted by molar-refractivity contribution is -0.386. The minimum Gasteiger partial charge on any atom is -0.504 e. The van der Waals surface area contributed by atoms with Gasteiger partial charge in [-0.3, -0.25) is 19.8 Å². The van der Waals surface area contributed by atoms with Crippen LogP contribution in [-0.2, 0) is 4.74 Å². The number of morpholine rings is 1. The zero-order chi connectivity index (χ0) is 17.1. The van der Waals surface area contributed by atoms with Gasteiger partial charge >= 0.3 is 5.69 Å². The number of nitro benzene ring substituents is 1. The normalized spacial score (nSPS) is 22.0. The largest absolute Gasteiger partial charge is 0.504 e. The Morgan fingerprint density at radius 1 is 1.35 bits per heavy atom. The predicted octanol–water partition coefficient (Wildman–Crippen LogP) is 1.69. The van der Waals surface area contributed by atoms with Gasteiger partial charge < -0.3 is 14.9 Å². The maximum atomic E-state index is 12.2. The highest BCUT2D eigenvalue weighted by Gasteiger charge is 2.24. The lowest BCUT2D eigenvalue weighted by Gasteiger charge is -2.35. The summed E-state index contributed by atoms with van der Waals surface area (Å²) in [6.45, 7) is 5.88. The molecule has 1 aromatic carbocycles. The molecule has 2 unspecified atom stereocenters. The van der Waals surface area contributed by atoms with Crippen molar-refractivity contribution >= 4 is 11.5 Å². The van der Waals surface area contributed by atoms with E-state index in [-0.39, 0.29) is 30.0 Å². The second-order valence-electron chi connectivity index (χ2n) is 5.81. The molecule has 23 heavy (non-hydrogen) atoms. The van der Waals surface area contributed by atoms with Gasteiger partial charge in [0, 0.05) is 37.7 Å². The van der Waals surface area contributed by atoms with E-state index < -0.39 is 22.1 Å². The highest BCUT2D eigenvalue weighted by molar-refractivity contribution is 5.97. The van der Waals surface area contributed by atoms with E-state index in [0.717, 1.165) is 25.2 Å². The number of Topliss-reactive ketones (excluding diaryl/α,β-unsaturated/α-hetero) is 1. The van der Waals surface area contributed by atoms with Crippen molar-refractivity contribution in [2.75, 3.05) is 19.6 Å². The molecule has 0 amide bonds. The van der Waals surface area contributed by atoms with Crippen LogP contribution in [0.2, 0.25) is 0 Å². The van der Waals surface area contributed by atoms with Crippen LogP contribution in [0.5, 0.6) is 11.5 Å². The lowest BCUT2D eigenvalue weighted by atomic mass is 10.1. The van der Waals surface area contributed by atoms with E-state index in [1.54, 1.807) is 0 Å². The van der Waals surface area contributed by atoms with E-state index in [1.807, 2.05) is 13.8 Å². The fourth-order valence-corrected chi connectivity index (χ4v) is 2.78. The molecule has 1 fully saturated rings. The molecule has 0 aliphatic carbocycles. The molecule has 0 radical (unpaired) electrons. The molecule has 0 bridgehead atoms. The molecule has 2 rings (SSSR count). The van der Waals surface area contributed by atoms with Gasteiger partial charge in [0.25, 0.3) is 0 Å². The van der Waals surface area contributed by atoms with Gasteiger partial charge in [-0.1, -0.05) is 0 Å². The summed E-state index contributed by atoms with van der Waals surface area (Å²) >= 11 is 0. The number of ether oxygens (including phenoxy) is 1. The first-order valence-electron chi connectivity index (χ1n) is 7.39. The highest BCUT2D eigenvalue weighted by Crippen LogP contribution is 2.36. The molecule has 1 saturated heterocycles. The quantitative estimate of drug-likeness (QED) is 0.367. The summed E-state index contributed by atoms with van der Waals surface area (Å²) in [5.41, 5.74) is -0.664. The molecule has 1 aliphatic rings. The number of carbonyl (C=O) groups excluding carboxylic acids is 1. The van der Waals surface area contributed by atoms with Crippen LogP contribution in [0.3, 0.4) is 0 Å². The molecule has 0 saturated carbocycles. The molecule has 1 aliphatic heterocycles. The Bertz CT molecular complexity index is 608. The average Bonchev–Trinajstić information content (AvgIpc) is 2.46. The Morgan fingerprint density at radius 3 is 2.52 bits per heavy atom. The molecular weight excluding hydrogens is 304 g/mol. The van der Waals surface area contributed by atoms with Crippen LogP contribution in [0.15, 0.2) is 12.1 Å². The first kappa shape index (κ1) is 17.2. The van der Waals surface area contributed by atoms with Crippen LogP contribution in [0, 0.1) is 10.1 Å². The van der Waals surface area contributed by atoms with Crippen molar-refractivity contribution in [3.63, 3.8) is 0 Å². The molecule has 2 N–H and O–H groups in total. The number of aromatic hydroxyl groups is 2. The Balaban J connectivity index is 2.05. The summed E-state index contributed by atoms with van der Waals surface area (Å²) in [6, 6.07) is 2.04. The van der Waals surface area contributed by atoms with Crippen LogP contribution < -0.4 is 0 Å². The number of hydrogen-bond donors (Lipinski definition) is 2. The van der Waals surface area contributed by atoms with Gasteiger partial charge in [0.15, 0.2) is 11.5 Å². The molecule has 1 heterocycles. The zero-order valence-corrected chi connectivity index (χ0v) is 13.1. The van der Waals surface area contributed by atoms with Crippen molar-refractivity contribution < 1.29 is 24.7 Å². The number of carbonyl (C=O) groups is 1. The van der Waals surface area contributed by atoms with E-state index >= 15 is 0 Å². The molecule has 0 spiro atoms. The SMILES string of the molecule is CC1CN(CCC(=O)c2cc(O)c(O)c([N+](=O)[O-])c2)CC(C)O1. The smallest absolute Gasteiger partial charge is 0.315 e. The van der Waals surface area contributed by atoms with Gasteiger partial charge in [-0.25, -0.2) is 0 Å². The fourth-order valence-electron chi connectivity index (χ4n) is 2.78. The Morgan fingerprint density at radius 2 is 1.96 bits per heavy atom. The van der Waals surface area contributed by atoms with Gasteiger partial charge in [-0.15, -0.1) is 0 Å². The van der Waals surface area contributed by atoms with Gasteiger partial charge in [0.2, 0.25) is 5.75 Å². The maximum absolute atomic E-state index is 12.2. The standard InChI is InChI=1S/C15H20N2O6/c1-9-7-16(8-10(2)23-9)4-3-13(18)11-5-12(17(21)22)15(20)14(19)6-11/h5-6,9-10,19-20H,3-4,7-8H2,1-2H3. The van der Waals surface area contributed by atoms with Gasteiger partial charge in [-0.2, -0.15) is 0 Å². The molecular formula is C15H20N2O6. The third kappa shape index (κ3) is 4.17. The third-order valence-electron chi connectivity index (χ3n) is 3.74. The van der Waals surface area contributed by atoms with E-state index in [2.05, 4.69) is 4.90 Å². The van der Waals surface area contributed by atoms with Crippen molar-refractivity contribution in [3.05, 3.63) is 27.8 Å². The lowest BCUT2D eigenvalue weighted by Crippen LogP contribution is -2.46. The Kier molecular flexibility index (Phi) is 5.17. The van der Waals surface area contributed by atoms with Crippen molar-refractivity contribution in [1.29, 1.82) is 0 Å². The number of benzene rings is 1. The van der Waals surface area contributed by atoms with Gasteiger partial charge in [0.1, 0.15) is 0 Å². The number of ketones is 1. The van der Waals surface area contributed by atoms with E-state index in [4.69, 9.17) is 4.74 Å². The number of phenolic OH excluding ortho intramolecular Hbond substituents is 2. The number of nitrogens with zero attached hydrogens (tertiary/aromatic N) is 2. The van der Waals surface area contributed by atoms with Gasteiger partial charge in [0.05, 0.1) is 17.1 Å². The third-order valence-corrected chi connectivity index (χ3v) is 3.74. The van der Waals surface area contributed by atoms with Crippen LogP contribution >= 0.6 is 0 Å². The molecule has 2 atom stereocenters. The first-order valence-corrected chi connectivity index (χ1v) is 7.39. The summed E-state index contributed by atoms with van der Waals surface area (Å²) in [5, 5.41) is 29.8. The molecule has 8 nitrogen and oxygen atoms in total. The predicted molar refractivity (Wildman–Crippen MR) is 81.8 cm³/mol. The second-order valence-corrected chi connectivity index (χ2v) is 5.81. The highest BCUT2D eigenvalue weighted by atomic mass is 16.6. The molecule has 1 aromatic rings. The van der Waals surface area contributed by atoms with Crippen molar-refractivity contribution in [2.45, 2.75) is 32.5 Å². The van der Waals surface area contributed by atoms with E-state index in [9.17, 15) is 25.1 Å². The van der Waals surface area contributed by atoms with E-state index in [0.29, 0.717) is 6.54 Å². The molecule has 8 heteroatoms. The summed E-state index contributed by atoms with van der Waals surface area (Å²) in [5.74, 6) is -1.83. The second kappa shape index (κ2) is 6.93. The Labute approximate surface area is 133 Å². The average molecular weight is 324 g/mol. The van der Waals surface area contributed by atoms with Crippen molar-refractivity contribution in [3.8, 4) is 11.5 Å². The molecule has 126 valence electrons. The minimum absolute atomic E-state index is 0.0151. The summed E-state index contributed by atoms with van der Waals surface area (Å²) < 4.78 is 5.62. The monoisotopic (exact) mass is 324 g/mol. The summed E-state index contributed by atoms with van der Waals surface area (Å²) in [4.78, 5) is 24.3. The number of rotatable bonds is 5. The summed E-state index contributed by atoms with van der Waals surface area (Å²) in [7, 11) is 0. The van der Waals surface area contributed by atoms with Crippen molar-refractivity contribution in [2.24, 2.45) is 0 Å². The summed E-state index contributed by atoms with van der Waals surface area (Å²) in [6.07, 6.45) is 0.348. The zero-order valence-electron chi connectivity index (χ0n) is 13.1. The van der Waals surface area contributed by atoms with Crippen LogP contribution in [0.4, 0.5) is 5.69 Å².